The molecule has 1 spiro atoms. The largest absolute Gasteiger partial charge is 0.489 e. The maximum atomic E-state index is 13.3. The molecule has 164 valence electrons. The molecule has 2 aromatic carbocycles. The number of carbonyl (C=O) groups is 1. The van der Waals surface area contributed by atoms with Crippen LogP contribution in [0.15, 0.2) is 73.2 Å². The van der Waals surface area contributed by atoms with Crippen molar-refractivity contribution in [1.82, 2.24) is 15.0 Å². The van der Waals surface area contributed by atoms with Crippen molar-refractivity contribution in [1.29, 1.82) is 0 Å². The van der Waals surface area contributed by atoms with Crippen molar-refractivity contribution in [2.24, 2.45) is 5.41 Å². The molecule has 2 aromatic heterocycles. The standard InChI is InChI=1S/C27H24N4O2/c1-17-23(14-29-18(2)30-17)33-16-26(20-8-4-3-5-9-20)15-27(26)24(25(27)32)31-22-10-6-7-19-11-12-28-13-21(19)22/h3-14,24,31H,15-16H2,1-2H3/t24-,26+,27+/m0/s1. The Labute approximate surface area is 192 Å². The van der Waals surface area contributed by atoms with E-state index in [0.29, 0.717) is 18.2 Å². The number of aromatic nitrogens is 3. The third-order valence-corrected chi connectivity index (χ3v) is 7.26. The second kappa shape index (κ2) is 7.10. The zero-order valence-corrected chi connectivity index (χ0v) is 18.6. The minimum absolute atomic E-state index is 0.243. The van der Waals surface area contributed by atoms with Gasteiger partial charge in [0.2, 0.25) is 0 Å². The summed E-state index contributed by atoms with van der Waals surface area (Å²) in [5.41, 5.74) is 2.04. The number of pyridine rings is 1. The van der Waals surface area contributed by atoms with Crippen molar-refractivity contribution in [3.63, 3.8) is 0 Å². The Morgan fingerprint density at radius 1 is 1.06 bits per heavy atom. The van der Waals surface area contributed by atoms with E-state index in [2.05, 4.69) is 38.5 Å². The topological polar surface area (TPSA) is 77.0 Å². The van der Waals surface area contributed by atoms with Crippen LogP contribution in [0.2, 0.25) is 0 Å². The maximum Gasteiger partial charge on any atom is 0.165 e. The minimum atomic E-state index is -0.460. The van der Waals surface area contributed by atoms with Gasteiger partial charge in [0.05, 0.1) is 30.0 Å². The predicted molar refractivity (Wildman–Crippen MR) is 126 cm³/mol. The summed E-state index contributed by atoms with van der Waals surface area (Å²) < 4.78 is 6.25. The van der Waals surface area contributed by atoms with Crippen molar-refractivity contribution >= 4 is 22.2 Å². The summed E-state index contributed by atoms with van der Waals surface area (Å²) in [5.74, 6) is 1.62. The third kappa shape index (κ3) is 2.94. The number of fused-ring (bicyclic) bond motifs is 1. The zero-order valence-electron chi connectivity index (χ0n) is 18.6. The lowest BCUT2D eigenvalue weighted by atomic mass is 9.92. The Morgan fingerprint density at radius 2 is 1.91 bits per heavy atom. The van der Waals surface area contributed by atoms with Gasteiger partial charge in [-0.15, -0.1) is 0 Å². The quantitative estimate of drug-likeness (QED) is 0.482. The van der Waals surface area contributed by atoms with E-state index in [0.717, 1.165) is 34.1 Å². The molecule has 2 fully saturated rings. The highest BCUT2D eigenvalue weighted by Crippen LogP contribution is 2.76. The van der Waals surface area contributed by atoms with Gasteiger partial charge in [0, 0.05) is 28.9 Å². The van der Waals surface area contributed by atoms with E-state index in [1.165, 1.54) is 0 Å². The van der Waals surface area contributed by atoms with Crippen molar-refractivity contribution in [2.45, 2.75) is 31.7 Å². The van der Waals surface area contributed by atoms with E-state index in [4.69, 9.17) is 4.74 Å². The molecule has 0 saturated heterocycles. The Kier molecular flexibility index (Phi) is 4.27. The van der Waals surface area contributed by atoms with Gasteiger partial charge < -0.3 is 10.1 Å². The number of carbonyl (C=O) groups excluding carboxylic acids is 1. The van der Waals surface area contributed by atoms with Crippen LogP contribution in [0.25, 0.3) is 10.8 Å². The van der Waals surface area contributed by atoms with E-state index >= 15 is 0 Å². The number of ether oxygens (including phenoxy) is 1. The second-order valence-corrected chi connectivity index (χ2v) is 9.10. The first kappa shape index (κ1) is 19.9. The van der Waals surface area contributed by atoms with Gasteiger partial charge in [0.15, 0.2) is 11.5 Å². The number of aryl methyl sites for hydroxylation is 2. The SMILES string of the molecule is Cc1ncc(OC[C@@]2(c3ccccc3)C[C@@]23C(=O)[C@@H]3Nc2cccc3ccncc23)c(C)n1. The molecule has 2 aliphatic rings. The highest BCUT2D eigenvalue weighted by atomic mass is 16.5. The molecular weight excluding hydrogens is 412 g/mol. The monoisotopic (exact) mass is 436 g/mol. The first-order valence-corrected chi connectivity index (χ1v) is 11.2. The zero-order chi connectivity index (χ0) is 22.6. The average Bonchev–Trinajstić information content (AvgIpc) is 3.68. The Morgan fingerprint density at radius 3 is 2.73 bits per heavy atom. The summed E-state index contributed by atoms with van der Waals surface area (Å²) >= 11 is 0. The van der Waals surface area contributed by atoms with Crippen LogP contribution in [0.3, 0.4) is 0 Å². The number of benzene rings is 2. The van der Waals surface area contributed by atoms with Crippen molar-refractivity contribution < 1.29 is 9.53 Å². The number of anilines is 1. The fourth-order valence-corrected chi connectivity index (χ4v) is 5.36. The first-order chi connectivity index (χ1) is 16.0. The van der Waals surface area contributed by atoms with Crippen LogP contribution < -0.4 is 10.1 Å². The van der Waals surface area contributed by atoms with E-state index in [-0.39, 0.29) is 17.2 Å². The summed E-state index contributed by atoms with van der Waals surface area (Å²) in [5, 5.41) is 5.65. The molecule has 1 N–H and O–H groups in total. The normalized spacial score (nSPS) is 25.3. The fraction of sp³-hybridized carbons (Fsp3) is 0.259. The van der Waals surface area contributed by atoms with Gasteiger partial charge in [-0.2, -0.15) is 0 Å². The highest BCUT2D eigenvalue weighted by Gasteiger charge is 2.87. The lowest BCUT2D eigenvalue weighted by Crippen LogP contribution is -2.24. The molecule has 6 heteroatoms. The van der Waals surface area contributed by atoms with Gasteiger partial charge in [0.1, 0.15) is 5.82 Å². The second-order valence-electron chi connectivity index (χ2n) is 9.10. The summed E-state index contributed by atoms with van der Waals surface area (Å²) in [7, 11) is 0. The van der Waals surface area contributed by atoms with Gasteiger partial charge >= 0.3 is 0 Å². The predicted octanol–water partition coefficient (Wildman–Crippen LogP) is 4.41. The van der Waals surface area contributed by atoms with Crippen molar-refractivity contribution in [2.75, 3.05) is 11.9 Å². The number of hydrogen-bond donors (Lipinski definition) is 1. The van der Waals surface area contributed by atoms with Crippen molar-refractivity contribution in [3.8, 4) is 5.75 Å². The lowest BCUT2D eigenvalue weighted by molar-refractivity contribution is -0.112. The third-order valence-electron chi connectivity index (χ3n) is 7.26. The van der Waals surface area contributed by atoms with Crippen LogP contribution >= 0.6 is 0 Å². The van der Waals surface area contributed by atoms with Crippen LogP contribution in [0.1, 0.15) is 23.5 Å². The molecule has 0 unspecified atom stereocenters. The Balaban J connectivity index is 1.31. The summed E-state index contributed by atoms with van der Waals surface area (Å²) in [6, 6.07) is 18.0. The fourth-order valence-electron chi connectivity index (χ4n) is 5.36. The van der Waals surface area contributed by atoms with E-state index in [9.17, 15) is 4.79 Å². The molecule has 3 atom stereocenters. The molecule has 6 nitrogen and oxygen atoms in total. The molecule has 33 heavy (non-hydrogen) atoms. The molecule has 6 rings (SSSR count). The summed E-state index contributed by atoms with van der Waals surface area (Å²) in [4.78, 5) is 26.3. The Bertz CT molecular complexity index is 1380. The number of Topliss-reactive ketones (excluding diaryl/α,β-unsaturated/α-hetero) is 1. The summed E-state index contributed by atoms with van der Waals surface area (Å²) in [6.45, 7) is 4.19. The van der Waals surface area contributed by atoms with E-state index in [1.807, 2.05) is 56.4 Å². The minimum Gasteiger partial charge on any atom is -0.489 e. The number of nitrogens with one attached hydrogen (secondary N) is 1. The number of ketones is 1. The number of nitrogens with zero attached hydrogens (tertiary/aromatic N) is 3. The molecule has 2 saturated carbocycles. The smallest absolute Gasteiger partial charge is 0.165 e. The van der Waals surface area contributed by atoms with Crippen LogP contribution in [-0.4, -0.2) is 33.4 Å². The van der Waals surface area contributed by atoms with Crippen LogP contribution in [0, 0.1) is 19.3 Å². The Hall–Kier alpha value is -3.80. The first-order valence-electron chi connectivity index (χ1n) is 11.2. The molecule has 0 aliphatic heterocycles. The van der Waals surface area contributed by atoms with Gasteiger partial charge in [-0.25, -0.2) is 9.97 Å². The summed E-state index contributed by atoms with van der Waals surface area (Å²) in [6.07, 6.45) is 6.11. The van der Waals surface area contributed by atoms with Gasteiger partial charge in [-0.05, 0) is 43.4 Å². The average molecular weight is 437 g/mol. The molecule has 2 heterocycles. The van der Waals surface area contributed by atoms with E-state index < -0.39 is 5.41 Å². The molecular formula is C27H24N4O2. The van der Waals surface area contributed by atoms with Crippen molar-refractivity contribution in [3.05, 3.63) is 90.3 Å². The van der Waals surface area contributed by atoms with Gasteiger partial charge in [-0.3, -0.25) is 9.78 Å². The number of rotatable bonds is 6. The van der Waals surface area contributed by atoms with Crippen LogP contribution in [-0.2, 0) is 10.2 Å². The molecule has 0 amide bonds. The maximum absolute atomic E-state index is 13.3. The molecule has 0 radical (unpaired) electrons. The molecule has 2 aliphatic carbocycles. The van der Waals surface area contributed by atoms with Crippen LogP contribution in [0.4, 0.5) is 5.69 Å². The molecule has 0 bridgehead atoms. The van der Waals surface area contributed by atoms with Crippen LogP contribution in [0.5, 0.6) is 5.75 Å². The van der Waals surface area contributed by atoms with Gasteiger partial charge in [-0.1, -0.05) is 42.5 Å². The van der Waals surface area contributed by atoms with Gasteiger partial charge in [0.25, 0.3) is 0 Å². The number of hydrogen-bond acceptors (Lipinski definition) is 6. The molecule has 4 aromatic rings. The lowest BCUT2D eigenvalue weighted by Gasteiger charge is -2.19. The van der Waals surface area contributed by atoms with E-state index in [1.54, 1.807) is 12.4 Å². The highest BCUT2D eigenvalue weighted by molar-refractivity contribution is 6.16.